The molecule has 0 saturated heterocycles. The molecule has 0 aliphatic rings. The summed E-state index contributed by atoms with van der Waals surface area (Å²) in [5.74, 6) is 0.425. The highest BCUT2D eigenvalue weighted by Gasteiger charge is 2.31. The van der Waals surface area contributed by atoms with Gasteiger partial charge in [-0.25, -0.2) is 9.50 Å². The number of phenolic OH excluding ortho intramolecular Hbond substituents is 2. The van der Waals surface area contributed by atoms with Crippen LogP contribution in [0.25, 0.3) is 28.0 Å². The van der Waals surface area contributed by atoms with Crippen LogP contribution in [0.3, 0.4) is 0 Å². The van der Waals surface area contributed by atoms with Gasteiger partial charge in [0.15, 0.2) is 5.65 Å². The van der Waals surface area contributed by atoms with E-state index < -0.39 is 0 Å². The zero-order chi connectivity index (χ0) is 23.4. The van der Waals surface area contributed by atoms with Crippen LogP contribution in [0.2, 0.25) is 0 Å². The Bertz CT molecular complexity index is 1290. The van der Waals surface area contributed by atoms with Crippen molar-refractivity contribution in [3.8, 4) is 33.9 Å². The van der Waals surface area contributed by atoms with Gasteiger partial charge in [-0.15, -0.1) is 0 Å². The Balaban J connectivity index is 2.19. The molecule has 5 heteroatoms. The topological polar surface area (TPSA) is 70.7 Å². The highest BCUT2D eigenvalue weighted by atomic mass is 16.3. The Kier molecular flexibility index (Phi) is 5.04. The van der Waals surface area contributed by atoms with E-state index >= 15 is 0 Å². The van der Waals surface area contributed by atoms with E-state index in [0.29, 0.717) is 0 Å². The molecule has 2 aromatic heterocycles. The Morgan fingerprint density at radius 1 is 0.719 bits per heavy atom. The maximum Gasteiger partial charge on any atom is 0.164 e. The molecule has 4 aromatic rings. The molecular formula is C27H31N3O2. The van der Waals surface area contributed by atoms with Crippen LogP contribution in [0.15, 0.2) is 48.5 Å². The van der Waals surface area contributed by atoms with Crippen LogP contribution in [-0.4, -0.2) is 24.8 Å². The normalized spacial score (nSPS) is 12.5. The van der Waals surface area contributed by atoms with E-state index in [0.717, 1.165) is 45.0 Å². The number of hydrogen-bond acceptors (Lipinski definition) is 4. The first kappa shape index (κ1) is 21.9. The first-order valence-corrected chi connectivity index (χ1v) is 10.9. The van der Waals surface area contributed by atoms with Gasteiger partial charge in [-0.1, -0.05) is 53.7 Å². The largest absolute Gasteiger partial charge is 0.508 e. The van der Waals surface area contributed by atoms with Crippen molar-refractivity contribution in [2.45, 2.75) is 59.3 Å². The quantitative estimate of drug-likeness (QED) is 0.388. The Morgan fingerprint density at radius 2 is 1.22 bits per heavy atom. The summed E-state index contributed by atoms with van der Waals surface area (Å²) in [6.45, 7) is 15.3. The van der Waals surface area contributed by atoms with Crippen molar-refractivity contribution in [1.29, 1.82) is 0 Å². The number of aromatic nitrogens is 3. The number of aromatic hydroxyl groups is 2. The predicted molar refractivity (Wildman–Crippen MR) is 129 cm³/mol. The summed E-state index contributed by atoms with van der Waals surface area (Å²) in [5, 5.41) is 24.7. The van der Waals surface area contributed by atoms with Crippen LogP contribution < -0.4 is 0 Å². The van der Waals surface area contributed by atoms with Crippen LogP contribution in [0, 0.1) is 6.92 Å². The Morgan fingerprint density at radius 3 is 1.69 bits per heavy atom. The van der Waals surface area contributed by atoms with Gasteiger partial charge in [0.1, 0.15) is 17.2 Å². The molecule has 0 radical (unpaired) electrons. The summed E-state index contributed by atoms with van der Waals surface area (Å²) < 4.78 is 1.98. The molecule has 0 spiro atoms. The average Bonchev–Trinajstić information content (AvgIpc) is 3.05. The molecule has 0 bridgehead atoms. The van der Waals surface area contributed by atoms with Gasteiger partial charge in [0, 0.05) is 16.4 Å². The molecule has 0 atom stereocenters. The third kappa shape index (κ3) is 3.72. The maximum absolute atomic E-state index is 9.86. The summed E-state index contributed by atoms with van der Waals surface area (Å²) in [6.07, 6.45) is 0. The lowest BCUT2D eigenvalue weighted by atomic mass is 9.82. The second-order valence-corrected chi connectivity index (χ2v) is 10.5. The molecule has 5 nitrogen and oxygen atoms in total. The number of benzene rings is 2. The summed E-state index contributed by atoms with van der Waals surface area (Å²) >= 11 is 0. The number of hydrogen-bond donors (Lipinski definition) is 2. The fourth-order valence-corrected chi connectivity index (χ4v) is 4.45. The second-order valence-electron chi connectivity index (χ2n) is 10.5. The lowest BCUT2D eigenvalue weighted by Crippen LogP contribution is -2.25. The molecule has 0 unspecified atom stereocenters. The molecule has 32 heavy (non-hydrogen) atoms. The smallest absolute Gasteiger partial charge is 0.164 e. The Hall–Kier alpha value is -3.34. The molecule has 2 N–H and O–H groups in total. The van der Waals surface area contributed by atoms with Gasteiger partial charge in [-0.05, 0) is 54.4 Å². The molecule has 0 fully saturated rings. The average molecular weight is 430 g/mol. The SMILES string of the molecule is Cc1c(C(C)(C)C)nc2c(-c3ccc(O)cc3)c(-c3ccc(O)cc3)nn2c1C(C)(C)C. The van der Waals surface area contributed by atoms with Gasteiger partial charge >= 0.3 is 0 Å². The van der Waals surface area contributed by atoms with E-state index in [2.05, 4.69) is 48.5 Å². The molecule has 0 amide bonds. The molecular weight excluding hydrogens is 398 g/mol. The molecule has 4 rings (SSSR count). The van der Waals surface area contributed by atoms with E-state index in [1.54, 1.807) is 24.3 Å². The van der Waals surface area contributed by atoms with Crippen molar-refractivity contribution in [2.75, 3.05) is 0 Å². The van der Waals surface area contributed by atoms with Crippen LogP contribution in [0.5, 0.6) is 11.5 Å². The van der Waals surface area contributed by atoms with Crippen molar-refractivity contribution in [3.05, 3.63) is 65.5 Å². The zero-order valence-corrected chi connectivity index (χ0v) is 19.9. The van der Waals surface area contributed by atoms with Crippen LogP contribution in [0.4, 0.5) is 0 Å². The third-order valence-electron chi connectivity index (χ3n) is 5.72. The Labute approximate surface area is 189 Å². The highest BCUT2D eigenvalue weighted by Crippen LogP contribution is 2.40. The lowest BCUT2D eigenvalue weighted by Gasteiger charge is -2.28. The molecule has 2 heterocycles. The summed E-state index contributed by atoms with van der Waals surface area (Å²) in [5.41, 5.74) is 7.34. The monoisotopic (exact) mass is 429 g/mol. The minimum atomic E-state index is -0.157. The van der Waals surface area contributed by atoms with Gasteiger partial charge in [-0.2, -0.15) is 5.10 Å². The number of nitrogens with zero attached hydrogens (tertiary/aromatic N) is 3. The van der Waals surface area contributed by atoms with Crippen LogP contribution in [-0.2, 0) is 10.8 Å². The standard InChI is InChI=1S/C27H31N3O2/c1-16-23(26(2,3)4)28-25-21(17-8-12-19(31)13-9-17)22(18-10-14-20(32)15-11-18)29-30(25)24(16)27(5,6)7/h8-15,31-32H,1-7H3. The summed E-state index contributed by atoms with van der Waals surface area (Å²) in [7, 11) is 0. The molecule has 0 aliphatic carbocycles. The predicted octanol–water partition coefficient (Wildman–Crippen LogP) is 6.38. The second kappa shape index (κ2) is 7.37. The lowest BCUT2D eigenvalue weighted by molar-refractivity contribution is 0.475. The van der Waals surface area contributed by atoms with Gasteiger partial charge in [0.2, 0.25) is 0 Å². The van der Waals surface area contributed by atoms with E-state index in [9.17, 15) is 10.2 Å². The van der Waals surface area contributed by atoms with Crippen LogP contribution >= 0.6 is 0 Å². The minimum absolute atomic E-state index is 0.138. The number of phenols is 2. The number of rotatable bonds is 2. The van der Waals surface area contributed by atoms with Crippen molar-refractivity contribution < 1.29 is 10.2 Å². The molecule has 0 aliphatic heterocycles. The fraction of sp³-hybridized carbons (Fsp3) is 0.333. The summed E-state index contributed by atoms with van der Waals surface area (Å²) in [4.78, 5) is 5.17. The fourth-order valence-electron chi connectivity index (χ4n) is 4.45. The zero-order valence-electron chi connectivity index (χ0n) is 19.9. The first-order valence-electron chi connectivity index (χ1n) is 10.9. The molecule has 166 valence electrons. The van der Waals surface area contributed by atoms with Crippen LogP contribution in [0.1, 0.15) is 58.5 Å². The van der Waals surface area contributed by atoms with Gasteiger partial charge < -0.3 is 10.2 Å². The van der Waals surface area contributed by atoms with Crippen molar-refractivity contribution in [3.63, 3.8) is 0 Å². The van der Waals surface area contributed by atoms with E-state index in [4.69, 9.17) is 10.1 Å². The van der Waals surface area contributed by atoms with Crippen molar-refractivity contribution >= 4 is 5.65 Å². The molecule has 2 aromatic carbocycles. The van der Waals surface area contributed by atoms with E-state index in [1.807, 2.05) is 28.8 Å². The van der Waals surface area contributed by atoms with Gasteiger partial charge in [-0.3, -0.25) is 0 Å². The van der Waals surface area contributed by atoms with Crippen molar-refractivity contribution in [1.82, 2.24) is 14.6 Å². The number of fused-ring (bicyclic) bond motifs is 1. The van der Waals surface area contributed by atoms with Gasteiger partial charge in [0.05, 0.1) is 17.0 Å². The van der Waals surface area contributed by atoms with E-state index in [-0.39, 0.29) is 22.3 Å². The summed E-state index contributed by atoms with van der Waals surface area (Å²) in [6, 6.07) is 14.2. The third-order valence-corrected chi connectivity index (χ3v) is 5.72. The first-order chi connectivity index (χ1) is 14.9. The highest BCUT2D eigenvalue weighted by molar-refractivity contribution is 5.91. The van der Waals surface area contributed by atoms with Crippen molar-refractivity contribution in [2.24, 2.45) is 0 Å². The maximum atomic E-state index is 9.86. The van der Waals surface area contributed by atoms with Gasteiger partial charge in [0.25, 0.3) is 0 Å². The minimum Gasteiger partial charge on any atom is -0.508 e. The molecule has 0 saturated carbocycles. The van der Waals surface area contributed by atoms with E-state index in [1.165, 1.54) is 0 Å².